The monoisotopic (exact) mass is 450 g/mol. The Kier molecular flexibility index (Phi) is 7.97. The predicted molar refractivity (Wildman–Crippen MR) is 116 cm³/mol. The Morgan fingerprint density at radius 3 is 2.52 bits per heavy atom. The number of hydrazine groups is 1. The fraction of sp³-hybridized carbons (Fsp3) is 0.381. The minimum absolute atomic E-state index is 0.0587. The first kappa shape index (κ1) is 23.1. The molecular weight excluding hydrogens is 423 g/mol. The van der Waals surface area contributed by atoms with Crippen LogP contribution in [0.25, 0.3) is 0 Å². The van der Waals surface area contributed by atoms with Gasteiger partial charge in [-0.1, -0.05) is 24.3 Å². The molecule has 0 saturated carbocycles. The first-order chi connectivity index (χ1) is 14.9. The molecule has 1 aliphatic rings. The summed E-state index contributed by atoms with van der Waals surface area (Å²) >= 11 is 0. The van der Waals surface area contributed by atoms with Crippen molar-refractivity contribution in [1.29, 1.82) is 0 Å². The van der Waals surface area contributed by atoms with Gasteiger partial charge in [0.2, 0.25) is 10.0 Å². The van der Waals surface area contributed by atoms with E-state index in [4.69, 9.17) is 10.6 Å². The molecule has 3 N–H and O–H groups in total. The lowest BCUT2D eigenvalue weighted by atomic mass is 10.1. The summed E-state index contributed by atoms with van der Waals surface area (Å²) in [7, 11) is -3.71. The van der Waals surface area contributed by atoms with E-state index in [1.165, 1.54) is 16.4 Å². The second-order valence-corrected chi connectivity index (χ2v) is 9.26. The Morgan fingerprint density at radius 1 is 1.16 bits per heavy atom. The van der Waals surface area contributed by atoms with E-state index in [1.807, 2.05) is 5.43 Å². The third-order valence-corrected chi connectivity index (χ3v) is 6.94. The highest BCUT2D eigenvalue weighted by atomic mass is 32.2. The number of nitrogens with two attached hydrogens (primary N) is 1. The van der Waals surface area contributed by atoms with E-state index in [-0.39, 0.29) is 23.4 Å². The first-order valence-corrected chi connectivity index (χ1v) is 11.7. The van der Waals surface area contributed by atoms with Crippen molar-refractivity contribution in [3.05, 3.63) is 65.5 Å². The number of morpholine rings is 1. The topological polar surface area (TPSA) is 105 Å². The van der Waals surface area contributed by atoms with Gasteiger partial charge in [-0.3, -0.25) is 19.4 Å². The van der Waals surface area contributed by atoms with Crippen LogP contribution in [0.5, 0.6) is 0 Å². The van der Waals surface area contributed by atoms with Crippen LogP contribution < -0.4 is 15.6 Å². The van der Waals surface area contributed by atoms with Gasteiger partial charge in [0.15, 0.2) is 0 Å². The molecule has 0 aliphatic carbocycles. The molecule has 10 heteroatoms. The Morgan fingerprint density at radius 2 is 1.87 bits per heavy atom. The minimum atomic E-state index is -3.71. The van der Waals surface area contributed by atoms with Gasteiger partial charge in [-0.2, -0.15) is 0 Å². The first-order valence-electron chi connectivity index (χ1n) is 10.1. The number of para-hydroxylation sites is 1. The molecule has 1 aliphatic heterocycles. The lowest BCUT2D eigenvalue weighted by molar-refractivity contribution is 0.0381. The predicted octanol–water partition coefficient (Wildman–Crippen LogP) is 1.49. The second-order valence-electron chi connectivity index (χ2n) is 7.25. The third-order valence-electron chi connectivity index (χ3n) is 5.12. The van der Waals surface area contributed by atoms with Crippen LogP contribution in [0, 0.1) is 5.82 Å². The van der Waals surface area contributed by atoms with Crippen LogP contribution in [0.4, 0.5) is 10.1 Å². The molecule has 1 heterocycles. The summed E-state index contributed by atoms with van der Waals surface area (Å²) < 4.78 is 47.6. The molecule has 0 spiro atoms. The molecule has 2 aromatic carbocycles. The van der Waals surface area contributed by atoms with Crippen molar-refractivity contribution in [1.82, 2.24) is 10.3 Å². The van der Waals surface area contributed by atoms with Gasteiger partial charge >= 0.3 is 0 Å². The molecule has 2 aromatic rings. The number of ether oxygens (including phenoxy) is 1. The summed E-state index contributed by atoms with van der Waals surface area (Å²) in [5, 5.41) is 0. The van der Waals surface area contributed by atoms with Crippen LogP contribution in [0.1, 0.15) is 22.3 Å². The normalized spacial score (nSPS) is 14.9. The zero-order valence-electron chi connectivity index (χ0n) is 17.2. The van der Waals surface area contributed by atoms with Crippen molar-refractivity contribution in [2.24, 2.45) is 5.84 Å². The van der Waals surface area contributed by atoms with E-state index in [9.17, 15) is 17.6 Å². The van der Waals surface area contributed by atoms with Crippen LogP contribution >= 0.6 is 0 Å². The van der Waals surface area contributed by atoms with Crippen molar-refractivity contribution < 1.29 is 22.3 Å². The molecule has 0 aromatic heterocycles. The van der Waals surface area contributed by atoms with E-state index in [2.05, 4.69) is 4.90 Å². The number of benzene rings is 2. The molecule has 0 bridgehead atoms. The molecule has 1 amide bonds. The van der Waals surface area contributed by atoms with Crippen LogP contribution in [0.2, 0.25) is 0 Å². The zero-order valence-corrected chi connectivity index (χ0v) is 18.0. The molecule has 8 nitrogen and oxygen atoms in total. The molecule has 0 radical (unpaired) electrons. The molecule has 0 atom stereocenters. The summed E-state index contributed by atoms with van der Waals surface area (Å²) in [4.78, 5) is 13.8. The Bertz CT molecular complexity index is 982. The average Bonchev–Trinajstić information content (AvgIpc) is 2.78. The number of carbonyl (C=O) groups excluding carboxylic acids is 1. The summed E-state index contributed by atoms with van der Waals surface area (Å²) in [6.07, 6.45) is 0.462. The molecule has 0 unspecified atom stereocenters. The van der Waals surface area contributed by atoms with Gasteiger partial charge in [0.1, 0.15) is 5.82 Å². The summed E-state index contributed by atoms with van der Waals surface area (Å²) in [6.45, 7) is 3.36. The second kappa shape index (κ2) is 10.7. The van der Waals surface area contributed by atoms with Crippen LogP contribution in [-0.2, 0) is 21.3 Å². The molecular formula is C21H27FN4O4S. The fourth-order valence-electron chi connectivity index (χ4n) is 3.40. The van der Waals surface area contributed by atoms with Crippen molar-refractivity contribution in [3.63, 3.8) is 0 Å². The lowest BCUT2D eigenvalue weighted by Gasteiger charge is -2.28. The third kappa shape index (κ3) is 6.23. The Hall–Kier alpha value is -2.53. The number of rotatable bonds is 9. The Balaban J connectivity index is 1.77. The number of anilines is 1. The van der Waals surface area contributed by atoms with Crippen molar-refractivity contribution >= 4 is 21.6 Å². The van der Waals surface area contributed by atoms with Gasteiger partial charge in [0.05, 0.1) is 31.2 Å². The highest BCUT2D eigenvalue weighted by molar-refractivity contribution is 7.92. The number of amides is 1. The van der Waals surface area contributed by atoms with E-state index < -0.39 is 21.7 Å². The number of nitrogen functional groups attached to an aromatic ring is 1. The smallest absolute Gasteiger partial charge is 0.265 e. The van der Waals surface area contributed by atoms with Gasteiger partial charge in [0.25, 0.3) is 5.91 Å². The highest BCUT2D eigenvalue weighted by Gasteiger charge is 2.24. The van der Waals surface area contributed by atoms with E-state index >= 15 is 0 Å². The number of carbonyl (C=O) groups is 1. The standard InChI is InChI=1S/C21H27FN4O4S/c22-20-15-17(21(27)24-23)7-8-18(20)16-26(19-5-2-1-3-6-19)31(28,29)14-4-9-25-10-12-30-13-11-25/h1-3,5-8,15H,4,9-14,16,23H2,(H,24,27). The zero-order chi connectivity index (χ0) is 22.3. The fourth-order valence-corrected chi connectivity index (χ4v) is 4.90. The number of sulfonamides is 1. The highest BCUT2D eigenvalue weighted by Crippen LogP contribution is 2.23. The number of halogens is 1. The SMILES string of the molecule is NNC(=O)c1ccc(CN(c2ccccc2)S(=O)(=O)CCCN2CCOCC2)c(F)c1. The van der Waals surface area contributed by atoms with Gasteiger partial charge < -0.3 is 4.74 Å². The Labute approximate surface area is 181 Å². The summed E-state index contributed by atoms with van der Waals surface area (Å²) in [5.41, 5.74) is 2.62. The maximum atomic E-state index is 14.6. The van der Waals surface area contributed by atoms with Crippen LogP contribution in [0.3, 0.4) is 0 Å². The number of nitrogens with zero attached hydrogens (tertiary/aromatic N) is 2. The number of nitrogens with one attached hydrogen (secondary N) is 1. The van der Waals surface area contributed by atoms with Crippen LogP contribution in [-0.4, -0.2) is 57.8 Å². The van der Waals surface area contributed by atoms with E-state index in [0.717, 1.165) is 19.2 Å². The maximum absolute atomic E-state index is 14.6. The quantitative estimate of drug-likeness (QED) is 0.341. The van der Waals surface area contributed by atoms with E-state index in [1.54, 1.807) is 30.3 Å². The summed E-state index contributed by atoms with van der Waals surface area (Å²) in [5.74, 6) is 3.73. The average molecular weight is 451 g/mol. The number of hydrogen-bond acceptors (Lipinski definition) is 6. The molecule has 168 valence electrons. The summed E-state index contributed by atoms with van der Waals surface area (Å²) in [6, 6.07) is 12.5. The molecule has 31 heavy (non-hydrogen) atoms. The van der Waals surface area contributed by atoms with E-state index in [0.29, 0.717) is 31.9 Å². The lowest BCUT2D eigenvalue weighted by Crippen LogP contribution is -2.38. The van der Waals surface area contributed by atoms with Gasteiger partial charge in [0, 0.05) is 24.2 Å². The molecule has 1 saturated heterocycles. The molecule has 3 rings (SSSR count). The number of hydrogen-bond donors (Lipinski definition) is 2. The van der Waals surface area contributed by atoms with Gasteiger partial charge in [-0.05, 0) is 37.2 Å². The van der Waals surface area contributed by atoms with Crippen molar-refractivity contribution in [3.8, 4) is 0 Å². The van der Waals surface area contributed by atoms with Crippen molar-refractivity contribution in [2.45, 2.75) is 13.0 Å². The van der Waals surface area contributed by atoms with Gasteiger partial charge in [-0.15, -0.1) is 0 Å². The maximum Gasteiger partial charge on any atom is 0.265 e. The van der Waals surface area contributed by atoms with Crippen LogP contribution in [0.15, 0.2) is 48.5 Å². The minimum Gasteiger partial charge on any atom is -0.379 e. The van der Waals surface area contributed by atoms with Crippen molar-refractivity contribution in [2.75, 3.05) is 42.9 Å². The molecule has 1 fully saturated rings. The van der Waals surface area contributed by atoms with Gasteiger partial charge in [-0.25, -0.2) is 18.7 Å². The largest absolute Gasteiger partial charge is 0.379 e.